The number of carbonyl (C=O) groups excluding carboxylic acids is 2. The maximum atomic E-state index is 13.6. The molecular weight excluding hydrogens is 495 g/mol. The van der Waals surface area contributed by atoms with Crippen LogP contribution < -0.4 is 10.2 Å². The van der Waals surface area contributed by atoms with Gasteiger partial charge in [0.15, 0.2) is 0 Å². The quantitative estimate of drug-likeness (QED) is 0.251. The van der Waals surface area contributed by atoms with Crippen LogP contribution in [0.3, 0.4) is 0 Å². The Hall–Kier alpha value is -4.29. The zero-order chi connectivity index (χ0) is 26.2. The van der Waals surface area contributed by atoms with Crippen LogP contribution in [0.15, 0.2) is 97.1 Å². The lowest BCUT2D eigenvalue weighted by Crippen LogP contribution is -2.33. The molecule has 0 saturated heterocycles. The largest absolute Gasteiger partial charge is 0.355 e. The van der Waals surface area contributed by atoms with Crippen molar-refractivity contribution < 1.29 is 14.0 Å². The number of carbonyl (C=O) groups is 2. The van der Waals surface area contributed by atoms with Crippen LogP contribution in [-0.4, -0.2) is 24.9 Å². The van der Waals surface area contributed by atoms with Gasteiger partial charge in [0.25, 0.3) is 11.8 Å². The van der Waals surface area contributed by atoms with E-state index >= 15 is 0 Å². The molecule has 4 aromatic carbocycles. The Morgan fingerprint density at radius 2 is 1.55 bits per heavy atom. The molecule has 1 aliphatic rings. The van der Waals surface area contributed by atoms with Gasteiger partial charge >= 0.3 is 0 Å². The van der Waals surface area contributed by atoms with Crippen molar-refractivity contribution in [1.29, 1.82) is 0 Å². The highest BCUT2D eigenvalue weighted by atomic mass is 32.1. The van der Waals surface area contributed by atoms with Crippen LogP contribution in [0.25, 0.3) is 31.7 Å². The fraction of sp³-hybridized carbons (Fsp3) is 0.125. The smallest absolute Gasteiger partial charge is 0.258 e. The number of rotatable bonds is 6. The van der Waals surface area contributed by atoms with Gasteiger partial charge in [-0.1, -0.05) is 48.5 Å². The van der Waals surface area contributed by atoms with Gasteiger partial charge in [0.2, 0.25) is 0 Å². The molecule has 38 heavy (non-hydrogen) atoms. The third-order valence-corrected chi connectivity index (χ3v) is 8.08. The summed E-state index contributed by atoms with van der Waals surface area (Å²) in [5.74, 6) is -0.526. The lowest BCUT2D eigenvalue weighted by Gasteiger charge is -2.23. The highest BCUT2D eigenvalue weighted by Crippen LogP contribution is 2.41. The second kappa shape index (κ2) is 9.88. The number of nitrogens with zero attached hydrogens (tertiary/aromatic N) is 1. The fourth-order valence-corrected chi connectivity index (χ4v) is 6.00. The lowest BCUT2D eigenvalue weighted by molar-refractivity contribution is 0.0963. The number of benzene rings is 4. The maximum Gasteiger partial charge on any atom is 0.258 e. The predicted octanol–water partition coefficient (Wildman–Crippen LogP) is 7.54. The Balaban J connectivity index is 1.41. The molecular formula is C32H25FN2O2S. The van der Waals surface area contributed by atoms with Crippen molar-refractivity contribution in [3.8, 4) is 21.6 Å². The first kappa shape index (κ1) is 24.1. The van der Waals surface area contributed by atoms with Crippen molar-refractivity contribution in [2.24, 2.45) is 0 Å². The number of para-hydroxylation sites is 1. The van der Waals surface area contributed by atoms with Gasteiger partial charge in [-0.05, 0) is 78.1 Å². The first-order valence-electron chi connectivity index (χ1n) is 12.6. The second-order valence-electron chi connectivity index (χ2n) is 9.43. The van der Waals surface area contributed by atoms with E-state index in [1.54, 1.807) is 19.2 Å². The van der Waals surface area contributed by atoms with E-state index < -0.39 is 0 Å². The van der Waals surface area contributed by atoms with Crippen LogP contribution in [0.4, 0.5) is 10.1 Å². The molecule has 1 aliphatic carbocycles. The van der Waals surface area contributed by atoms with Gasteiger partial charge in [0, 0.05) is 39.3 Å². The molecule has 0 radical (unpaired) electrons. The number of anilines is 1. The zero-order valence-corrected chi connectivity index (χ0v) is 21.6. The minimum Gasteiger partial charge on any atom is -0.355 e. The van der Waals surface area contributed by atoms with Crippen LogP contribution in [0, 0.1) is 5.82 Å². The highest BCUT2D eigenvalue weighted by Gasteiger charge is 2.34. The maximum absolute atomic E-state index is 13.6. The van der Waals surface area contributed by atoms with Gasteiger partial charge in [-0.3, -0.25) is 9.59 Å². The van der Waals surface area contributed by atoms with Crippen LogP contribution in [0.5, 0.6) is 0 Å². The molecule has 6 heteroatoms. The molecule has 6 rings (SSSR count). The Morgan fingerprint density at radius 3 is 2.26 bits per heavy atom. The van der Waals surface area contributed by atoms with E-state index in [9.17, 15) is 14.0 Å². The van der Waals surface area contributed by atoms with E-state index in [4.69, 9.17) is 0 Å². The first-order chi connectivity index (χ1) is 18.5. The van der Waals surface area contributed by atoms with E-state index in [1.165, 1.54) is 23.5 Å². The van der Waals surface area contributed by atoms with Crippen molar-refractivity contribution in [3.05, 3.63) is 114 Å². The van der Waals surface area contributed by atoms with E-state index in [-0.39, 0.29) is 23.7 Å². The number of fused-ring (bicyclic) bond motifs is 1. The van der Waals surface area contributed by atoms with Gasteiger partial charge in [0.05, 0.1) is 5.56 Å². The minimum atomic E-state index is -0.319. The fourth-order valence-electron chi connectivity index (χ4n) is 4.82. The Bertz CT molecular complexity index is 1660. The molecule has 0 spiro atoms. The molecule has 5 aromatic rings. The van der Waals surface area contributed by atoms with Crippen molar-refractivity contribution in [3.63, 3.8) is 0 Å². The number of halogens is 1. The van der Waals surface area contributed by atoms with E-state index in [0.717, 1.165) is 50.2 Å². The summed E-state index contributed by atoms with van der Waals surface area (Å²) in [7, 11) is 1.61. The summed E-state index contributed by atoms with van der Waals surface area (Å²) in [6.07, 6.45) is 2.02. The van der Waals surface area contributed by atoms with Crippen LogP contribution >= 0.6 is 11.3 Å². The number of hydrogen-bond donors (Lipinski definition) is 1. The zero-order valence-electron chi connectivity index (χ0n) is 20.8. The third kappa shape index (κ3) is 4.48. The number of thiophene rings is 1. The van der Waals surface area contributed by atoms with Gasteiger partial charge in [0.1, 0.15) is 5.82 Å². The summed E-state index contributed by atoms with van der Waals surface area (Å²) in [5.41, 5.74) is 4.71. The number of hydrogen-bond acceptors (Lipinski definition) is 3. The summed E-state index contributed by atoms with van der Waals surface area (Å²) in [6, 6.07) is 29.9. The molecule has 0 atom stereocenters. The average Bonchev–Trinajstić information content (AvgIpc) is 3.72. The van der Waals surface area contributed by atoms with Gasteiger partial charge < -0.3 is 10.2 Å². The van der Waals surface area contributed by atoms with E-state index in [2.05, 4.69) is 5.32 Å². The Labute approximate surface area is 224 Å². The van der Waals surface area contributed by atoms with Crippen LogP contribution in [0.2, 0.25) is 0 Å². The number of amides is 2. The van der Waals surface area contributed by atoms with E-state index in [0.29, 0.717) is 11.1 Å². The minimum absolute atomic E-state index is 0.0122. The van der Waals surface area contributed by atoms with Crippen LogP contribution in [0.1, 0.15) is 33.6 Å². The van der Waals surface area contributed by atoms with Crippen molar-refractivity contribution in [2.45, 2.75) is 18.9 Å². The van der Waals surface area contributed by atoms with Gasteiger partial charge in [-0.25, -0.2) is 4.39 Å². The molecule has 188 valence electrons. The number of nitrogens with one attached hydrogen (secondary N) is 1. The summed E-state index contributed by atoms with van der Waals surface area (Å²) in [6.45, 7) is 0. The van der Waals surface area contributed by atoms with Crippen molar-refractivity contribution in [2.75, 3.05) is 11.9 Å². The standard InChI is InChI=1S/C32H25FN2O2S/c1-34-31(36)29-27-19-22(12-17-28(27)38-30(29)20-10-13-24(33)14-11-20)21-6-5-7-23(18-21)32(37)35(26-15-16-26)25-8-3-2-4-9-25/h2-14,17-19,26H,15-16H2,1H3,(H,34,36). The molecule has 0 aliphatic heterocycles. The monoisotopic (exact) mass is 520 g/mol. The third-order valence-electron chi connectivity index (χ3n) is 6.86. The van der Waals surface area contributed by atoms with Crippen LogP contribution in [-0.2, 0) is 0 Å². The topological polar surface area (TPSA) is 49.4 Å². The molecule has 1 heterocycles. The molecule has 1 N–H and O–H groups in total. The second-order valence-corrected chi connectivity index (χ2v) is 10.5. The molecule has 0 bridgehead atoms. The SMILES string of the molecule is CNC(=O)c1c(-c2ccc(F)cc2)sc2ccc(-c3cccc(C(=O)N(c4ccccc4)C4CC4)c3)cc12. The molecule has 1 saturated carbocycles. The normalized spacial score (nSPS) is 12.9. The molecule has 4 nitrogen and oxygen atoms in total. The van der Waals surface area contributed by atoms with E-state index in [1.807, 2.05) is 77.7 Å². The Kier molecular flexibility index (Phi) is 6.26. The molecule has 0 unspecified atom stereocenters. The summed E-state index contributed by atoms with van der Waals surface area (Å²) in [5, 5.41) is 3.58. The van der Waals surface area contributed by atoms with Gasteiger partial charge in [-0.15, -0.1) is 11.3 Å². The Morgan fingerprint density at radius 1 is 0.842 bits per heavy atom. The predicted molar refractivity (Wildman–Crippen MR) is 152 cm³/mol. The summed E-state index contributed by atoms with van der Waals surface area (Å²) < 4.78 is 14.5. The molecule has 2 amide bonds. The van der Waals surface area contributed by atoms with Crippen molar-refractivity contribution >= 4 is 38.9 Å². The summed E-state index contributed by atoms with van der Waals surface area (Å²) in [4.78, 5) is 29.3. The van der Waals surface area contributed by atoms with Crippen molar-refractivity contribution in [1.82, 2.24) is 5.32 Å². The highest BCUT2D eigenvalue weighted by molar-refractivity contribution is 7.22. The lowest BCUT2D eigenvalue weighted by atomic mass is 9.98. The van der Waals surface area contributed by atoms with Gasteiger partial charge in [-0.2, -0.15) is 0 Å². The molecule has 1 aromatic heterocycles. The molecule has 1 fully saturated rings. The first-order valence-corrected chi connectivity index (χ1v) is 13.4. The summed E-state index contributed by atoms with van der Waals surface area (Å²) >= 11 is 1.51. The average molecular weight is 521 g/mol.